The van der Waals surface area contributed by atoms with Crippen molar-refractivity contribution in [1.29, 1.82) is 0 Å². The molecule has 2 aromatic rings. The van der Waals surface area contributed by atoms with Gasteiger partial charge in [-0.1, -0.05) is 28.9 Å². The van der Waals surface area contributed by atoms with Gasteiger partial charge in [0, 0.05) is 23.9 Å². The van der Waals surface area contributed by atoms with E-state index in [2.05, 4.69) is 15.5 Å². The highest BCUT2D eigenvalue weighted by molar-refractivity contribution is 6.49. The highest BCUT2D eigenvalue weighted by Gasteiger charge is 2.40. The van der Waals surface area contributed by atoms with Gasteiger partial charge in [-0.2, -0.15) is 0 Å². The SMILES string of the molecule is Cc1cnc(N(C(=O)c2ccc(C3=NOC(C)(C)C3=O)cc2)C2CCCNC2)c(Cl)c1. The number of carbonyl (C=O) groups is 2. The number of benzene rings is 1. The van der Waals surface area contributed by atoms with Crippen LogP contribution in [-0.2, 0) is 9.63 Å². The molecule has 0 aliphatic carbocycles. The van der Waals surface area contributed by atoms with E-state index in [1.807, 2.05) is 13.0 Å². The number of amides is 1. The summed E-state index contributed by atoms with van der Waals surface area (Å²) in [6.45, 7) is 6.87. The number of nitrogens with zero attached hydrogens (tertiary/aromatic N) is 3. The number of nitrogens with one attached hydrogen (secondary N) is 1. The normalized spacial score (nSPS) is 20.2. The van der Waals surface area contributed by atoms with E-state index in [0.29, 0.717) is 28.5 Å². The monoisotopic (exact) mass is 440 g/mol. The van der Waals surface area contributed by atoms with Gasteiger partial charge in [0.25, 0.3) is 5.91 Å². The number of halogens is 1. The van der Waals surface area contributed by atoms with E-state index in [4.69, 9.17) is 16.4 Å². The highest BCUT2D eigenvalue weighted by Crippen LogP contribution is 2.29. The van der Waals surface area contributed by atoms with Crippen LogP contribution < -0.4 is 10.2 Å². The summed E-state index contributed by atoms with van der Waals surface area (Å²) >= 11 is 6.49. The van der Waals surface area contributed by atoms with Crippen LogP contribution in [0.5, 0.6) is 0 Å². The third-order valence-electron chi connectivity index (χ3n) is 5.57. The summed E-state index contributed by atoms with van der Waals surface area (Å²) in [5.41, 5.74) is 1.33. The van der Waals surface area contributed by atoms with Crippen molar-refractivity contribution in [2.45, 2.75) is 45.3 Å². The maximum Gasteiger partial charge on any atom is 0.259 e. The molecule has 4 rings (SSSR count). The molecule has 0 spiro atoms. The first-order valence-corrected chi connectivity index (χ1v) is 10.7. The van der Waals surface area contributed by atoms with Crippen molar-refractivity contribution in [3.8, 4) is 0 Å². The van der Waals surface area contributed by atoms with Crippen molar-refractivity contribution < 1.29 is 14.4 Å². The Kier molecular flexibility index (Phi) is 5.81. The van der Waals surface area contributed by atoms with Crippen LogP contribution in [0, 0.1) is 6.92 Å². The predicted molar refractivity (Wildman–Crippen MR) is 120 cm³/mol. The minimum Gasteiger partial charge on any atom is -0.381 e. The third kappa shape index (κ3) is 4.20. The molecule has 1 amide bonds. The van der Waals surface area contributed by atoms with E-state index < -0.39 is 5.60 Å². The summed E-state index contributed by atoms with van der Waals surface area (Å²) in [4.78, 5) is 37.4. The van der Waals surface area contributed by atoms with Gasteiger partial charge in [0.05, 0.1) is 11.1 Å². The quantitative estimate of drug-likeness (QED) is 0.786. The average Bonchev–Trinajstić information content (AvgIpc) is 3.03. The van der Waals surface area contributed by atoms with E-state index in [-0.39, 0.29) is 23.4 Å². The molecular weight excluding hydrogens is 416 g/mol. The zero-order valence-corrected chi connectivity index (χ0v) is 18.6. The fourth-order valence-corrected chi connectivity index (χ4v) is 4.13. The molecule has 0 saturated carbocycles. The maximum atomic E-state index is 13.6. The van der Waals surface area contributed by atoms with E-state index in [9.17, 15) is 9.59 Å². The summed E-state index contributed by atoms with van der Waals surface area (Å²) < 4.78 is 0. The minimum atomic E-state index is -0.970. The lowest BCUT2D eigenvalue weighted by atomic mass is 9.95. The molecule has 0 radical (unpaired) electrons. The third-order valence-corrected chi connectivity index (χ3v) is 5.85. The van der Waals surface area contributed by atoms with Crippen molar-refractivity contribution in [2.75, 3.05) is 18.0 Å². The van der Waals surface area contributed by atoms with Gasteiger partial charge >= 0.3 is 0 Å². The smallest absolute Gasteiger partial charge is 0.259 e. The largest absolute Gasteiger partial charge is 0.381 e. The molecule has 8 heteroatoms. The molecule has 1 fully saturated rings. The summed E-state index contributed by atoms with van der Waals surface area (Å²) in [7, 11) is 0. The second kappa shape index (κ2) is 8.40. The van der Waals surface area contributed by atoms with E-state index >= 15 is 0 Å². The molecule has 7 nitrogen and oxygen atoms in total. The molecule has 1 aromatic heterocycles. The Labute approximate surface area is 186 Å². The van der Waals surface area contributed by atoms with Crippen LogP contribution in [0.1, 0.15) is 48.2 Å². The van der Waals surface area contributed by atoms with Crippen molar-refractivity contribution in [2.24, 2.45) is 5.16 Å². The maximum absolute atomic E-state index is 13.6. The molecule has 162 valence electrons. The first-order valence-electron chi connectivity index (χ1n) is 10.4. The minimum absolute atomic E-state index is 0.0522. The molecule has 3 heterocycles. The standard InChI is InChI=1S/C23H25ClN4O3/c1-14-11-18(24)21(26-12-14)28(17-5-4-10-25-13-17)22(30)16-8-6-15(7-9-16)19-20(29)23(2,3)31-27-19/h6-9,11-12,17,25H,4-5,10,13H2,1-3H3. The van der Waals surface area contributed by atoms with Crippen LogP contribution in [0.3, 0.4) is 0 Å². The van der Waals surface area contributed by atoms with Crippen molar-refractivity contribution in [1.82, 2.24) is 10.3 Å². The number of anilines is 1. The van der Waals surface area contributed by atoms with Crippen LogP contribution in [0.4, 0.5) is 5.82 Å². The van der Waals surface area contributed by atoms with Crippen LogP contribution in [0.25, 0.3) is 0 Å². The zero-order valence-electron chi connectivity index (χ0n) is 17.8. The van der Waals surface area contributed by atoms with Gasteiger partial charge in [-0.15, -0.1) is 0 Å². The number of piperidine rings is 1. The van der Waals surface area contributed by atoms with Crippen molar-refractivity contribution in [3.05, 3.63) is 58.2 Å². The number of Topliss-reactive ketones (excluding diaryl/α,β-unsaturated/α-hetero) is 1. The van der Waals surface area contributed by atoms with Crippen LogP contribution in [-0.4, -0.2) is 47.1 Å². The molecule has 31 heavy (non-hydrogen) atoms. The Bertz CT molecular complexity index is 1040. The van der Waals surface area contributed by atoms with Gasteiger partial charge in [0.1, 0.15) is 0 Å². The number of hydrogen-bond acceptors (Lipinski definition) is 6. The van der Waals surface area contributed by atoms with Gasteiger partial charge in [0.15, 0.2) is 17.1 Å². The number of oxime groups is 1. The molecule has 2 aliphatic heterocycles. The second-order valence-electron chi connectivity index (χ2n) is 8.44. The lowest BCUT2D eigenvalue weighted by Gasteiger charge is -2.34. The van der Waals surface area contributed by atoms with Gasteiger partial charge < -0.3 is 10.2 Å². The Morgan fingerprint density at radius 3 is 2.61 bits per heavy atom. The molecule has 1 saturated heterocycles. The molecule has 1 aromatic carbocycles. The number of aromatic nitrogens is 1. The summed E-state index contributed by atoms with van der Waals surface area (Å²) in [6.07, 6.45) is 3.54. The Morgan fingerprint density at radius 1 is 1.29 bits per heavy atom. The van der Waals surface area contributed by atoms with Crippen LogP contribution in [0.15, 0.2) is 41.7 Å². The lowest BCUT2D eigenvalue weighted by molar-refractivity contribution is -0.128. The number of hydrogen-bond donors (Lipinski definition) is 1. The van der Waals surface area contributed by atoms with Crippen LogP contribution in [0.2, 0.25) is 5.02 Å². The van der Waals surface area contributed by atoms with E-state index in [0.717, 1.165) is 24.9 Å². The number of aryl methyl sites for hydroxylation is 1. The van der Waals surface area contributed by atoms with Gasteiger partial charge in [-0.05, 0) is 63.9 Å². The summed E-state index contributed by atoms with van der Waals surface area (Å²) in [5.74, 6) is 0.0902. The molecule has 1 atom stereocenters. The van der Waals surface area contributed by atoms with Gasteiger partial charge in [-0.25, -0.2) is 4.98 Å². The van der Waals surface area contributed by atoms with Gasteiger partial charge in [-0.3, -0.25) is 14.5 Å². The van der Waals surface area contributed by atoms with Crippen molar-refractivity contribution in [3.63, 3.8) is 0 Å². The average molecular weight is 441 g/mol. The second-order valence-corrected chi connectivity index (χ2v) is 8.85. The fraction of sp³-hybridized carbons (Fsp3) is 0.391. The first kappa shape index (κ1) is 21.5. The summed E-state index contributed by atoms with van der Waals surface area (Å²) in [6, 6.07) is 8.60. The molecular formula is C23H25ClN4O3. The lowest BCUT2D eigenvalue weighted by Crippen LogP contribution is -2.49. The number of carbonyl (C=O) groups excluding carboxylic acids is 2. The Hall–Kier alpha value is -2.77. The number of pyridine rings is 1. The van der Waals surface area contributed by atoms with Gasteiger partial charge in [0.2, 0.25) is 5.78 Å². The molecule has 0 bridgehead atoms. The van der Waals surface area contributed by atoms with E-state index in [1.54, 1.807) is 49.2 Å². The Balaban J connectivity index is 1.65. The number of ketones is 1. The molecule has 1 N–H and O–H groups in total. The molecule has 1 unspecified atom stereocenters. The number of rotatable bonds is 4. The predicted octanol–water partition coefficient (Wildman–Crippen LogP) is 3.52. The molecule has 2 aliphatic rings. The van der Waals surface area contributed by atoms with Crippen molar-refractivity contribution >= 4 is 34.8 Å². The van der Waals surface area contributed by atoms with Crippen LogP contribution >= 0.6 is 11.6 Å². The first-order chi connectivity index (χ1) is 14.8. The zero-order chi connectivity index (χ0) is 22.2. The van der Waals surface area contributed by atoms with E-state index in [1.165, 1.54) is 0 Å². The topological polar surface area (TPSA) is 83.9 Å². The fourth-order valence-electron chi connectivity index (χ4n) is 3.81. The highest BCUT2D eigenvalue weighted by atomic mass is 35.5. The summed E-state index contributed by atoms with van der Waals surface area (Å²) in [5, 5.41) is 7.72. The Morgan fingerprint density at radius 2 is 2.03 bits per heavy atom.